The zero-order chi connectivity index (χ0) is 20.0. The smallest absolute Gasteiger partial charge is 0.237 e. The average molecular weight is 368 g/mol. The molecule has 0 fully saturated rings. The van der Waals surface area contributed by atoms with Crippen molar-refractivity contribution in [2.24, 2.45) is 16.1 Å². The van der Waals surface area contributed by atoms with Gasteiger partial charge in [0.2, 0.25) is 5.91 Å². The summed E-state index contributed by atoms with van der Waals surface area (Å²) in [6, 6.07) is 12.7. The van der Waals surface area contributed by atoms with E-state index in [0.29, 0.717) is 11.3 Å². The highest BCUT2D eigenvalue weighted by Crippen LogP contribution is 2.47. The van der Waals surface area contributed by atoms with E-state index in [1.165, 1.54) is 11.0 Å². The number of guanidine groups is 1. The first kappa shape index (κ1) is 18.9. The van der Waals surface area contributed by atoms with Crippen molar-refractivity contribution in [2.45, 2.75) is 33.2 Å². The van der Waals surface area contributed by atoms with Crippen molar-refractivity contribution < 1.29 is 9.18 Å². The Bertz CT molecular complexity index is 920. The van der Waals surface area contributed by atoms with Crippen LogP contribution < -0.4 is 11.1 Å². The van der Waals surface area contributed by atoms with E-state index in [4.69, 9.17) is 5.73 Å². The summed E-state index contributed by atoms with van der Waals surface area (Å²) in [5.41, 5.74) is 6.95. The van der Waals surface area contributed by atoms with Crippen molar-refractivity contribution in [2.75, 3.05) is 12.4 Å². The normalized spacial score (nSPS) is 21.8. The summed E-state index contributed by atoms with van der Waals surface area (Å²) in [5.74, 6) is -0.541. The summed E-state index contributed by atoms with van der Waals surface area (Å²) >= 11 is 0. The molecule has 3 rings (SSSR count). The quantitative estimate of drug-likeness (QED) is 0.863. The van der Waals surface area contributed by atoms with Crippen LogP contribution in [0.4, 0.5) is 15.8 Å². The Kier molecular flexibility index (Phi) is 4.46. The first-order valence-corrected chi connectivity index (χ1v) is 8.83. The number of nitrogens with two attached hydrogens (primary N) is 1. The lowest BCUT2D eigenvalue weighted by Gasteiger charge is -2.46. The van der Waals surface area contributed by atoms with Gasteiger partial charge in [0.25, 0.3) is 0 Å². The van der Waals surface area contributed by atoms with Gasteiger partial charge >= 0.3 is 0 Å². The number of carbonyl (C=O) groups is 1. The van der Waals surface area contributed by atoms with Crippen LogP contribution in [0.25, 0.3) is 0 Å². The second-order valence-electron chi connectivity index (χ2n) is 7.72. The minimum Gasteiger partial charge on any atom is -0.369 e. The van der Waals surface area contributed by atoms with Gasteiger partial charge in [-0.3, -0.25) is 9.69 Å². The Morgan fingerprint density at radius 1 is 1.07 bits per heavy atom. The molecule has 1 amide bonds. The van der Waals surface area contributed by atoms with Gasteiger partial charge in [-0.25, -0.2) is 9.38 Å². The van der Waals surface area contributed by atoms with Crippen LogP contribution in [0.15, 0.2) is 47.5 Å². The summed E-state index contributed by atoms with van der Waals surface area (Å²) in [7, 11) is 1.58. The third kappa shape index (κ3) is 3.05. The maximum absolute atomic E-state index is 14.8. The summed E-state index contributed by atoms with van der Waals surface area (Å²) in [6.07, 6.45) is 0. The number of nitrogens with one attached hydrogen (secondary N) is 1. The number of amides is 1. The monoisotopic (exact) mass is 368 g/mol. The maximum Gasteiger partial charge on any atom is 0.237 e. The molecule has 3 N–H and O–H groups in total. The number of aliphatic imine (C=N–C) groups is 1. The van der Waals surface area contributed by atoms with Gasteiger partial charge in [-0.1, -0.05) is 17.7 Å². The molecule has 2 aromatic carbocycles. The number of aryl methyl sites for hydroxylation is 1. The molecule has 27 heavy (non-hydrogen) atoms. The van der Waals surface area contributed by atoms with E-state index in [0.717, 1.165) is 11.3 Å². The number of hydrogen-bond donors (Lipinski definition) is 2. The largest absolute Gasteiger partial charge is 0.369 e. The van der Waals surface area contributed by atoms with Gasteiger partial charge in [0, 0.05) is 24.0 Å². The molecule has 142 valence electrons. The molecule has 0 aliphatic carbocycles. The highest BCUT2D eigenvalue weighted by atomic mass is 19.1. The third-order valence-corrected chi connectivity index (χ3v) is 5.57. The fourth-order valence-corrected chi connectivity index (χ4v) is 3.35. The molecule has 1 atom stereocenters. The van der Waals surface area contributed by atoms with Gasteiger partial charge in [-0.05, 0) is 58.0 Å². The lowest BCUT2D eigenvalue weighted by molar-refractivity contribution is -0.140. The molecule has 1 heterocycles. The molecule has 0 radical (unpaired) electrons. The van der Waals surface area contributed by atoms with Crippen molar-refractivity contribution in [1.82, 2.24) is 4.90 Å². The molecule has 2 aromatic rings. The third-order valence-electron chi connectivity index (χ3n) is 5.57. The van der Waals surface area contributed by atoms with E-state index in [1.807, 2.05) is 31.2 Å². The van der Waals surface area contributed by atoms with Crippen LogP contribution >= 0.6 is 0 Å². The number of benzene rings is 2. The van der Waals surface area contributed by atoms with Crippen molar-refractivity contribution >= 4 is 23.2 Å². The Balaban J connectivity index is 2.08. The Hall–Kier alpha value is -2.89. The van der Waals surface area contributed by atoms with Crippen molar-refractivity contribution in [3.8, 4) is 0 Å². The number of halogens is 1. The summed E-state index contributed by atoms with van der Waals surface area (Å²) in [6.45, 7) is 7.30. The van der Waals surface area contributed by atoms with E-state index < -0.39 is 16.8 Å². The van der Waals surface area contributed by atoms with Crippen molar-refractivity contribution in [3.05, 3.63) is 59.4 Å². The zero-order valence-corrected chi connectivity index (χ0v) is 16.3. The Morgan fingerprint density at radius 3 is 2.30 bits per heavy atom. The first-order valence-electron chi connectivity index (χ1n) is 8.83. The second-order valence-corrected chi connectivity index (χ2v) is 7.72. The van der Waals surface area contributed by atoms with E-state index in [1.54, 1.807) is 40.0 Å². The lowest BCUT2D eigenvalue weighted by atomic mass is 9.67. The van der Waals surface area contributed by atoms with E-state index in [2.05, 4.69) is 10.3 Å². The molecule has 0 bridgehead atoms. The lowest BCUT2D eigenvalue weighted by Crippen LogP contribution is -2.58. The van der Waals surface area contributed by atoms with Crippen LogP contribution in [0.5, 0.6) is 0 Å². The summed E-state index contributed by atoms with van der Waals surface area (Å²) in [5, 5.41) is 3.27. The number of carbonyl (C=O) groups excluding carboxylic acids is 1. The standard InChI is InChI=1S/C21H25FN4O/c1-13-6-8-14(9-7-13)24-15-10-11-17(22)16(12-15)21(4)20(2,3)18(27)26(5)19(23)25-21/h6-12,24H,1-5H3,(H2,23,25)/t21-/m1/s1. The predicted molar refractivity (Wildman–Crippen MR) is 106 cm³/mol. The van der Waals surface area contributed by atoms with E-state index in [9.17, 15) is 9.18 Å². The Morgan fingerprint density at radius 2 is 1.67 bits per heavy atom. The topological polar surface area (TPSA) is 70.7 Å². The molecule has 1 aliphatic heterocycles. The van der Waals surface area contributed by atoms with Crippen LogP contribution in [0, 0.1) is 18.2 Å². The number of rotatable bonds is 3. The Labute approximate surface area is 159 Å². The van der Waals surface area contributed by atoms with Crippen molar-refractivity contribution in [3.63, 3.8) is 0 Å². The highest BCUT2D eigenvalue weighted by Gasteiger charge is 2.53. The van der Waals surface area contributed by atoms with Gasteiger partial charge in [-0.15, -0.1) is 0 Å². The van der Waals surface area contributed by atoms with E-state index in [-0.39, 0.29) is 11.9 Å². The number of hydrogen-bond acceptors (Lipinski definition) is 4. The molecule has 1 aliphatic rings. The average Bonchev–Trinajstić information content (AvgIpc) is 2.62. The van der Waals surface area contributed by atoms with Gasteiger partial charge in [0.15, 0.2) is 5.96 Å². The van der Waals surface area contributed by atoms with Crippen LogP contribution in [-0.4, -0.2) is 23.8 Å². The molecule has 0 aromatic heterocycles. The van der Waals surface area contributed by atoms with E-state index >= 15 is 0 Å². The summed E-state index contributed by atoms with van der Waals surface area (Å²) < 4.78 is 14.8. The van der Waals surface area contributed by atoms with Crippen LogP contribution in [0.3, 0.4) is 0 Å². The molecule has 0 unspecified atom stereocenters. The van der Waals surface area contributed by atoms with Gasteiger partial charge in [0.05, 0.1) is 5.41 Å². The van der Waals surface area contributed by atoms with Crippen LogP contribution in [0.2, 0.25) is 0 Å². The first-order chi connectivity index (χ1) is 12.6. The SMILES string of the molecule is Cc1ccc(Nc2ccc(F)c([C@@]3(C)N=C(N)N(C)C(=O)C3(C)C)c2)cc1. The van der Waals surface area contributed by atoms with Crippen LogP contribution in [-0.2, 0) is 10.3 Å². The molecule has 0 saturated carbocycles. The van der Waals surface area contributed by atoms with Gasteiger partial charge < -0.3 is 11.1 Å². The molecule has 0 saturated heterocycles. The highest BCUT2D eigenvalue weighted by molar-refractivity contribution is 6.01. The molecule has 0 spiro atoms. The second kappa shape index (κ2) is 6.37. The molecule has 6 heteroatoms. The fourth-order valence-electron chi connectivity index (χ4n) is 3.35. The molecular formula is C21H25FN4O. The summed E-state index contributed by atoms with van der Waals surface area (Å²) in [4.78, 5) is 18.6. The van der Waals surface area contributed by atoms with Gasteiger partial charge in [-0.2, -0.15) is 0 Å². The van der Waals surface area contributed by atoms with Gasteiger partial charge in [0.1, 0.15) is 11.4 Å². The number of anilines is 2. The molecular weight excluding hydrogens is 343 g/mol. The molecule has 5 nitrogen and oxygen atoms in total. The zero-order valence-electron chi connectivity index (χ0n) is 16.3. The predicted octanol–water partition coefficient (Wildman–Crippen LogP) is 3.91. The number of nitrogens with zero attached hydrogens (tertiary/aromatic N) is 2. The van der Waals surface area contributed by atoms with Crippen molar-refractivity contribution in [1.29, 1.82) is 0 Å². The minimum absolute atomic E-state index is 0.0816. The fraction of sp³-hybridized carbons (Fsp3) is 0.333. The van der Waals surface area contributed by atoms with Crippen LogP contribution in [0.1, 0.15) is 31.9 Å². The minimum atomic E-state index is -1.13. The maximum atomic E-state index is 14.8.